The molecule has 0 unspecified atom stereocenters. The van der Waals surface area contributed by atoms with E-state index in [1.807, 2.05) is 18.2 Å². The van der Waals surface area contributed by atoms with E-state index in [1.54, 1.807) is 42.9 Å². The lowest BCUT2D eigenvalue weighted by Gasteiger charge is -2.13. The van der Waals surface area contributed by atoms with Gasteiger partial charge in [0.2, 0.25) is 0 Å². The monoisotopic (exact) mass is 394 g/mol. The van der Waals surface area contributed by atoms with E-state index >= 15 is 0 Å². The molecule has 3 N–H and O–H groups in total. The first-order chi connectivity index (χ1) is 13.8. The highest BCUT2D eigenvalue weighted by Gasteiger charge is 2.23. The number of carbonyl (C=O) groups excluding carboxylic acids is 2. The van der Waals surface area contributed by atoms with Crippen molar-refractivity contribution in [1.82, 2.24) is 9.36 Å². The molecule has 1 aromatic heterocycles. The van der Waals surface area contributed by atoms with Crippen LogP contribution in [0.1, 0.15) is 23.0 Å². The van der Waals surface area contributed by atoms with Crippen molar-refractivity contribution in [2.24, 2.45) is 7.05 Å². The number of nitrogens with one attached hydrogen (secondary N) is 1. The molecule has 0 saturated heterocycles. The van der Waals surface area contributed by atoms with E-state index < -0.39 is 18.0 Å². The van der Waals surface area contributed by atoms with Crippen LogP contribution in [0.3, 0.4) is 0 Å². The number of para-hydroxylation sites is 1. The average molecular weight is 394 g/mol. The van der Waals surface area contributed by atoms with Crippen LogP contribution in [0.5, 0.6) is 0 Å². The molecular weight excluding hydrogens is 372 g/mol. The topological polar surface area (TPSA) is 108 Å². The minimum absolute atomic E-state index is 0.136. The van der Waals surface area contributed by atoms with E-state index in [-0.39, 0.29) is 16.8 Å². The van der Waals surface area contributed by atoms with Gasteiger partial charge in [-0.2, -0.15) is 0 Å². The molecule has 1 atom stereocenters. The Balaban J connectivity index is 1.77. The second-order valence-corrected chi connectivity index (χ2v) is 6.60. The summed E-state index contributed by atoms with van der Waals surface area (Å²) in [6.07, 6.45) is -1.09. The molecule has 0 radical (unpaired) electrons. The zero-order valence-corrected chi connectivity index (χ0v) is 16.4. The Bertz CT molecular complexity index is 1100. The van der Waals surface area contributed by atoms with Crippen molar-refractivity contribution in [3.05, 3.63) is 76.2 Å². The van der Waals surface area contributed by atoms with Gasteiger partial charge in [0, 0.05) is 12.7 Å². The van der Waals surface area contributed by atoms with E-state index in [9.17, 15) is 14.4 Å². The number of aromatic nitrogens is 2. The number of hydrogen-bond donors (Lipinski definition) is 2. The van der Waals surface area contributed by atoms with Crippen LogP contribution in [0.15, 0.2) is 59.4 Å². The first kappa shape index (κ1) is 19.9. The molecule has 150 valence electrons. The van der Waals surface area contributed by atoms with Crippen molar-refractivity contribution in [2.45, 2.75) is 20.0 Å². The Hall–Kier alpha value is -3.81. The summed E-state index contributed by atoms with van der Waals surface area (Å²) in [6.45, 7) is 3.17. The molecule has 0 fully saturated rings. The summed E-state index contributed by atoms with van der Waals surface area (Å²) in [5, 5.41) is 2.58. The van der Waals surface area contributed by atoms with Crippen LogP contribution in [0.25, 0.3) is 5.69 Å². The molecule has 0 aliphatic rings. The highest BCUT2D eigenvalue weighted by Crippen LogP contribution is 2.15. The third-order valence-electron chi connectivity index (χ3n) is 4.60. The molecule has 3 rings (SSSR count). The molecule has 0 bridgehead atoms. The third-order valence-corrected chi connectivity index (χ3v) is 4.60. The van der Waals surface area contributed by atoms with Crippen molar-refractivity contribution >= 4 is 23.3 Å². The second kappa shape index (κ2) is 8.05. The predicted molar refractivity (Wildman–Crippen MR) is 110 cm³/mol. The molecule has 1 heterocycles. The molecule has 0 saturated carbocycles. The van der Waals surface area contributed by atoms with Gasteiger partial charge < -0.3 is 15.8 Å². The van der Waals surface area contributed by atoms with Crippen molar-refractivity contribution in [3.8, 4) is 5.69 Å². The lowest BCUT2D eigenvalue weighted by Crippen LogP contribution is -2.32. The van der Waals surface area contributed by atoms with Crippen LogP contribution in [0.4, 0.5) is 11.4 Å². The quantitative estimate of drug-likeness (QED) is 0.510. The van der Waals surface area contributed by atoms with Crippen molar-refractivity contribution in [1.29, 1.82) is 0 Å². The second-order valence-electron chi connectivity index (χ2n) is 6.60. The Labute approximate surface area is 167 Å². The number of nitrogens with zero attached hydrogens (tertiary/aromatic N) is 2. The zero-order valence-electron chi connectivity index (χ0n) is 16.4. The normalized spacial score (nSPS) is 11.7. The molecule has 29 heavy (non-hydrogen) atoms. The summed E-state index contributed by atoms with van der Waals surface area (Å²) in [5.74, 6) is -1.25. The van der Waals surface area contributed by atoms with Gasteiger partial charge in [-0.25, -0.2) is 9.48 Å². The molecule has 0 spiro atoms. The molecule has 1 amide bonds. The molecular formula is C21H22N4O4. The average Bonchev–Trinajstić information content (AvgIpc) is 2.92. The van der Waals surface area contributed by atoms with Gasteiger partial charge in [-0.05, 0) is 50.2 Å². The maximum atomic E-state index is 12.9. The molecule has 2 aromatic carbocycles. The van der Waals surface area contributed by atoms with Gasteiger partial charge in [0.15, 0.2) is 6.10 Å². The van der Waals surface area contributed by atoms with Gasteiger partial charge in [-0.15, -0.1) is 0 Å². The lowest BCUT2D eigenvalue weighted by atomic mass is 10.2. The van der Waals surface area contributed by atoms with Crippen molar-refractivity contribution in [3.63, 3.8) is 0 Å². The molecule has 0 aliphatic carbocycles. The summed E-state index contributed by atoms with van der Waals surface area (Å²) in [4.78, 5) is 37.6. The summed E-state index contributed by atoms with van der Waals surface area (Å²) < 4.78 is 8.31. The minimum Gasteiger partial charge on any atom is -0.449 e. The number of esters is 1. The standard InChI is InChI=1S/C21H22N4O4/c1-13-18(20(27)25(24(13)3)17-7-5-4-6-8-17)23-19(26)14(2)29-21(28)15-9-11-16(22)12-10-15/h4-12,14H,22H2,1-3H3,(H,23,26)/t14-/m0/s1. The van der Waals surface area contributed by atoms with Gasteiger partial charge in [-0.3, -0.25) is 14.3 Å². The first-order valence-corrected chi connectivity index (χ1v) is 9.01. The van der Waals surface area contributed by atoms with Crippen LogP contribution in [0.2, 0.25) is 0 Å². The predicted octanol–water partition coefficient (Wildman–Crippen LogP) is 2.25. The number of benzene rings is 2. The Morgan fingerprint density at radius 2 is 1.69 bits per heavy atom. The zero-order chi connectivity index (χ0) is 21.1. The Kier molecular flexibility index (Phi) is 5.54. The van der Waals surface area contributed by atoms with Crippen LogP contribution in [-0.2, 0) is 16.6 Å². The number of nitrogens with two attached hydrogens (primary N) is 1. The van der Waals surface area contributed by atoms with Crippen molar-refractivity contribution < 1.29 is 14.3 Å². The molecule has 3 aromatic rings. The summed E-state index contributed by atoms with van der Waals surface area (Å²) in [7, 11) is 1.73. The highest BCUT2D eigenvalue weighted by molar-refractivity contribution is 5.97. The van der Waals surface area contributed by atoms with Gasteiger partial charge in [0.1, 0.15) is 5.69 Å². The maximum Gasteiger partial charge on any atom is 0.338 e. The number of rotatable bonds is 5. The van der Waals surface area contributed by atoms with Gasteiger partial charge in [0.25, 0.3) is 11.5 Å². The van der Waals surface area contributed by atoms with Crippen LogP contribution in [0, 0.1) is 6.92 Å². The molecule has 8 nitrogen and oxygen atoms in total. The molecule has 8 heteroatoms. The number of carbonyl (C=O) groups is 2. The minimum atomic E-state index is -1.09. The van der Waals surface area contributed by atoms with Crippen LogP contribution in [-0.4, -0.2) is 27.3 Å². The summed E-state index contributed by atoms with van der Waals surface area (Å²) in [6, 6.07) is 15.3. The summed E-state index contributed by atoms with van der Waals surface area (Å²) >= 11 is 0. The van der Waals surface area contributed by atoms with Gasteiger partial charge >= 0.3 is 5.97 Å². The number of ether oxygens (including phenoxy) is 1. The Morgan fingerprint density at radius 1 is 1.07 bits per heavy atom. The summed E-state index contributed by atoms with van der Waals surface area (Å²) in [5.41, 5.74) is 7.40. The smallest absolute Gasteiger partial charge is 0.338 e. The number of amides is 1. The maximum absolute atomic E-state index is 12.9. The lowest BCUT2D eigenvalue weighted by molar-refractivity contribution is -0.123. The van der Waals surface area contributed by atoms with E-state index in [2.05, 4.69) is 5.32 Å². The highest BCUT2D eigenvalue weighted by atomic mass is 16.5. The van der Waals surface area contributed by atoms with Crippen LogP contribution >= 0.6 is 0 Å². The first-order valence-electron chi connectivity index (χ1n) is 9.01. The third kappa shape index (κ3) is 4.06. The molecule has 0 aliphatic heterocycles. The van der Waals surface area contributed by atoms with Gasteiger partial charge in [-0.1, -0.05) is 18.2 Å². The van der Waals surface area contributed by atoms with Crippen molar-refractivity contribution in [2.75, 3.05) is 11.1 Å². The Morgan fingerprint density at radius 3 is 2.31 bits per heavy atom. The van der Waals surface area contributed by atoms with Crippen LogP contribution < -0.4 is 16.6 Å². The number of anilines is 2. The fourth-order valence-corrected chi connectivity index (χ4v) is 2.84. The fourth-order valence-electron chi connectivity index (χ4n) is 2.84. The SMILES string of the molecule is Cc1c(NC(=O)[C@H](C)OC(=O)c2ccc(N)cc2)c(=O)n(-c2ccccc2)n1C. The van der Waals surface area contributed by atoms with E-state index in [1.165, 1.54) is 23.7 Å². The van der Waals surface area contributed by atoms with E-state index in [0.717, 1.165) is 0 Å². The largest absolute Gasteiger partial charge is 0.449 e. The van der Waals surface area contributed by atoms with E-state index in [4.69, 9.17) is 10.5 Å². The van der Waals surface area contributed by atoms with Gasteiger partial charge in [0.05, 0.1) is 16.9 Å². The fraction of sp³-hybridized carbons (Fsp3) is 0.190. The number of hydrogen-bond acceptors (Lipinski definition) is 5. The van der Waals surface area contributed by atoms with E-state index in [0.29, 0.717) is 17.1 Å². The number of nitrogen functional groups attached to an aromatic ring is 1.